The molecule has 3 nitrogen and oxygen atoms in total. The zero-order chi connectivity index (χ0) is 22.4. The van der Waals surface area contributed by atoms with Crippen molar-refractivity contribution in [2.24, 2.45) is 5.92 Å². The molecule has 0 aromatic heterocycles. The first-order chi connectivity index (χ1) is 15.8. The predicted octanol–water partition coefficient (Wildman–Crippen LogP) is 6.27. The quantitative estimate of drug-likeness (QED) is 0.223. The van der Waals surface area contributed by atoms with Gasteiger partial charge in [0.1, 0.15) is 5.75 Å². The Morgan fingerprint density at radius 1 is 0.781 bits per heavy atom. The Bertz CT molecular complexity index is 891. The molecule has 2 atom stereocenters. The van der Waals surface area contributed by atoms with Gasteiger partial charge in [0.25, 0.3) is 0 Å². The maximum absolute atomic E-state index is 6.28. The van der Waals surface area contributed by atoms with Crippen LogP contribution in [0, 0.1) is 5.92 Å². The Labute approximate surface area is 192 Å². The van der Waals surface area contributed by atoms with Crippen molar-refractivity contribution in [3.05, 3.63) is 114 Å². The van der Waals surface area contributed by atoms with Crippen molar-refractivity contribution in [2.45, 2.75) is 32.0 Å². The van der Waals surface area contributed by atoms with Crippen LogP contribution in [0.1, 0.15) is 23.1 Å². The Morgan fingerprint density at radius 2 is 1.41 bits per heavy atom. The van der Waals surface area contributed by atoms with Gasteiger partial charge in [-0.3, -0.25) is 0 Å². The van der Waals surface area contributed by atoms with Crippen LogP contribution in [0.15, 0.2) is 97.6 Å². The maximum Gasteiger partial charge on any atom is 0.118 e. The average molecular weight is 431 g/mol. The molecule has 0 fully saturated rings. The highest BCUT2D eigenvalue weighted by Crippen LogP contribution is 2.23. The highest BCUT2D eigenvalue weighted by atomic mass is 16.5. The Balaban J connectivity index is 1.64. The summed E-state index contributed by atoms with van der Waals surface area (Å²) in [6, 6.07) is 29.2. The fraction of sp³-hybridized carbons (Fsp3) is 0.310. The topological polar surface area (TPSA) is 27.7 Å². The minimum atomic E-state index is 0.0974. The highest BCUT2D eigenvalue weighted by molar-refractivity contribution is 5.26. The zero-order valence-corrected chi connectivity index (χ0v) is 19.0. The molecule has 168 valence electrons. The van der Waals surface area contributed by atoms with Gasteiger partial charge in [-0.2, -0.15) is 0 Å². The van der Waals surface area contributed by atoms with Crippen molar-refractivity contribution in [3.8, 4) is 5.75 Å². The number of methoxy groups -OCH3 is 1. The van der Waals surface area contributed by atoms with E-state index in [0.717, 1.165) is 30.6 Å². The lowest BCUT2D eigenvalue weighted by atomic mass is 9.87. The molecule has 0 saturated carbocycles. The molecular weight excluding hydrogens is 396 g/mol. The molecule has 0 unspecified atom stereocenters. The second-order valence-electron chi connectivity index (χ2n) is 7.99. The van der Waals surface area contributed by atoms with E-state index in [0.29, 0.717) is 25.7 Å². The number of hydrogen-bond acceptors (Lipinski definition) is 3. The summed E-state index contributed by atoms with van der Waals surface area (Å²) in [5.41, 5.74) is 3.76. The largest absolute Gasteiger partial charge is 0.497 e. The molecule has 3 aromatic rings. The maximum atomic E-state index is 6.28. The normalized spacial score (nSPS) is 12.8. The van der Waals surface area contributed by atoms with Gasteiger partial charge in [0.05, 0.1) is 26.4 Å². The van der Waals surface area contributed by atoms with Crippen molar-refractivity contribution in [1.29, 1.82) is 0 Å². The fourth-order valence-corrected chi connectivity index (χ4v) is 3.88. The summed E-state index contributed by atoms with van der Waals surface area (Å²) in [5.74, 6) is 1.20. The van der Waals surface area contributed by atoms with Gasteiger partial charge in [-0.1, -0.05) is 78.9 Å². The molecule has 0 radical (unpaired) electrons. The van der Waals surface area contributed by atoms with Crippen LogP contribution in [0.4, 0.5) is 0 Å². The molecule has 3 rings (SSSR count). The van der Waals surface area contributed by atoms with Gasteiger partial charge in [-0.05, 0) is 54.0 Å². The van der Waals surface area contributed by atoms with Crippen LogP contribution in [-0.2, 0) is 28.9 Å². The first-order valence-electron chi connectivity index (χ1n) is 11.3. The van der Waals surface area contributed by atoms with Crippen LogP contribution in [0.3, 0.4) is 0 Å². The molecule has 0 saturated heterocycles. The van der Waals surface area contributed by atoms with E-state index in [1.54, 1.807) is 7.11 Å². The third-order valence-electron chi connectivity index (χ3n) is 5.64. The molecule has 0 aliphatic carbocycles. The fourth-order valence-electron chi connectivity index (χ4n) is 3.88. The van der Waals surface area contributed by atoms with Crippen LogP contribution < -0.4 is 4.74 Å². The minimum absolute atomic E-state index is 0.0974. The van der Waals surface area contributed by atoms with Crippen LogP contribution in [0.5, 0.6) is 5.75 Å². The second-order valence-corrected chi connectivity index (χ2v) is 7.99. The number of rotatable bonds is 14. The first-order valence-corrected chi connectivity index (χ1v) is 11.3. The lowest BCUT2D eigenvalue weighted by Gasteiger charge is -2.28. The third-order valence-corrected chi connectivity index (χ3v) is 5.64. The average Bonchev–Trinajstić information content (AvgIpc) is 2.85. The summed E-state index contributed by atoms with van der Waals surface area (Å²) in [6.07, 6.45) is 4.70. The minimum Gasteiger partial charge on any atom is -0.497 e. The summed E-state index contributed by atoms with van der Waals surface area (Å²) >= 11 is 0. The van der Waals surface area contributed by atoms with Crippen LogP contribution >= 0.6 is 0 Å². The molecule has 0 heterocycles. The molecule has 0 spiro atoms. The van der Waals surface area contributed by atoms with Crippen LogP contribution in [0.2, 0.25) is 0 Å². The Morgan fingerprint density at radius 3 is 2.00 bits per heavy atom. The lowest BCUT2D eigenvalue weighted by Crippen LogP contribution is -2.29. The van der Waals surface area contributed by atoms with Gasteiger partial charge in [-0.25, -0.2) is 0 Å². The molecule has 0 aliphatic rings. The van der Waals surface area contributed by atoms with E-state index in [9.17, 15) is 0 Å². The van der Waals surface area contributed by atoms with Crippen molar-refractivity contribution in [1.82, 2.24) is 0 Å². The molecular formula is C29H34O3. The van der Waals surface area contributed by atoms with E-state index in [-0.39, 0.29) is 6.10 Å². The molecule has 0 N–H and O–H groups in total. The van der Waals surface area contributed by atoms with Gasteiger partial charge < -0.3 is 14.2 Å². The summed E-state index contributed by atoms with van der Waals surface area (Å²) in [6.45, 7) is 5.68. The molecule has 0 bridgehead atoms. The first kappa shape index (κ1) is 23.8. The standard InChI is InChI=1S/C29H34O3/c1-3-19-32-29(22-25-12-8-5-9-13-25)27(21-24-10-6-4-7-11-24)18-20-31-23-26-14-16-28(30-2)17-15-26/h3-17,27,29H,1,18-23H2,2H3/t27-,29-/m1/s1. The summed E-state index contributed by atoms with van der Waals surface area (Å²) in [7, 11) is 1.68. The van der Waals surface area contributed by atoms with Gasteiger partial charge in [-0.15, -0.1) is 6.58 Å². The molecule has 0 amide bonds. The number of hydrogen-bond donors (Lipinski definition) is 0. The monoisotopic (exact) mass is 430 g/mol. The summed E-state index contributed by atoms with van der Waals surface area (Å²) < 4.78 is 17.6. The van der Waals surface area contributed by atoms with E-state index in [4.69, 9.17) is 14.2 Å². The number of ether oxygens (including phenoxy) is 3. The molecule has 32 heavy (non-hydrogen) atoms. The molecule has 0 aliphatic heterocycles. The Kier molecular flexibility index (Phi) is 10.0. The smallest absolute Gasteiger partial charge is 0.118 e. The van der Waals surface area contributed by atoms with Crippen molar-refractivity contribution < 1.29 is 14.2 Å². The van der Waals surface area contributed by atoms with Crippen molar-refractivity contribution in [3.63, 3.8) is 0 Å². The molecule has 3 heteroatoms. The van der Waals surface area contributed by atoms with Crippen LogP contribution in [0.25, 0.3) is 0 Å². The van der Waals surface area contributed by atoms with Gasteiger partial charge in [0.2, 0.25) is 0 Å². The molecule has 3 aromatic carbocycles. The predicted molar refractivity (Wildman–Crippen MR) is 131 cm³/mol. The van der Waals surface area contributed by atoms with E-state index >= 15 is 0 Å². The van der Waals surface area contributed by atoms with E-state index in [2.05, 4.69) is 67.2 Å². The third kappa shape index (κ3) is 7.99. The highest BCUT2D eigenvalue weighted by Gasteiger charge is 2.23. The lowest BCUT2D eigenvalue weighted by molar-refractivity contribution is 0.0113. The SMILES string of the molecule is C=CCO[C@H](Cc1ccccc1)[C@H](CCOCc1ccc(OC)cc1)Cc1ccccc1. The van der Waals surface area contributed by atoms with Crippen LogP contribution in [-0.4, -0.2) is 26.4 Å². The summed E-state index contributed by atoms with van der Waals surface area (Å²) in [5, 5.41) is 0. The van der Waals surface area contributed by atoms with Gasteiger partial charge in [0, 0.05) is 6.61 Å². The van der Waals surface area contributed by atoms with Crippen molar-refractivity contribution in [2.75, 3.05) is 20.3 Å². The van der Waals surface area contributed by atoms with E-state index in [1.165, 1.54) is 11.1 Å². The van der Waals surface area contributed by atoms with Gasteiger partial charge >= 0.3 is 0 Å². The van der Waals surface area contributed by atoms with Crippen molar-refractivity contribution >= 4 is 0 Å². The number of benzene rings is 3. The van der Waals surface area contributed by atoms with E-state index in [1.807, 2.05) is 30.3 Å². The van der Waals surface area contributed by atoms with E-state index < -0.39 is 0 Å². The summed E-state index contributed by atoms with van der Waals surface area (Å²) in [4.78, 5) is 0. The Hall–Kier alpha value is -2.88. The second kappa shape index (κ2) is 13.5. The zero-order valence-electron chi connectivity index (χ0n) is 19.0. The van der Waals surface area contributed by atoms with Gasteiger partial charge in [0.15, 0.2) is 0 Å².